The van der Waals surface area contributed by atoms with Gasteiger partial charge in [0.25, 0.3) is 0 Å². The molecule has 9 heteroatoms. The summed E-state index contributed by atoms with van der Waals surface area (Å²) in [5.74, 6) is 0.692. The van der Waals surface area contributed by atoms with Crippen molar-refractivity contribution in [3.63, 3.8) is 0 Å². The van der Waals surface area contributed by atoms with Crippen LogP contribution in [0, 0.1) is 0 Å². The molecule has 1 atom stereocenters. The Hall–Kier alpha value is -2.81. The Labute approximate surface area is 179 Å². The van der Waals surface area contributed by atoms with Crippen molar-refractivity contribution < 1.29 is 17.9 Å². The molecule has 0 radical (unpaired) electrons. The predicted molar refractivity (Wildman–Crippen MR) is 113 cm³/mol. The highest BCUT2D eigenvalue weighted by Crippen LogP contribution is 2.32. The number of hydrogen-bond donors (Lipinski definition) is 1. The van der Waals surface area contributed by atoms with Gasteiger partial charge in [-0.25, -0.2) is 0 Å². The normalized spacial score (nSPS) is 17.6. The summed E-state index contributed by atoms with van der Waals surface area (Å²) in [5.41, 5.74) is -0.186. The lowest BCUT2D eigenvalue weighted by Gasteiger charge is -2.35. The maximum Gasteiger partial charge on any atom is 0.416 e. The zero-order valence-corrected chi connectivity index (χ0v) is 17.4. The van der Waals surface area contributed by atoms with Crippen LogP contribution in [0.2, 0.25) is 0 Å². The van der Waals surface area contributed by atoms with Crippen molar-refractivity contribution in [3.8, 4) is 0 Å². The molecule has 0 aliphatic carbocycles. The number of aliphatic imine (C=N–C) groups is 1. The molecule has 1 aliphatic rings. The van der Waals surface area contributed by atoms with Gasteiger partial charge in [-0.15, -0.1) is 0 Å². The highest BCUT2D eigenvalue weighted by molar-refractivity contribution is 5.80. The number of ether oxygens (including phenoxy) is 1. The zero-order chi connectivity index (χ0) is 22.3. The van der Waals surface area contributed by atoms with Gasteiger partial charge >= 0.3 is 6.18 Å². The van der Waals surface area contributed by atoms with Gasteiger partial charge in [-0.1, -0.05) is 18.2 Å². The molecular formula is C22H27F3N4O2. The predicted octanol–water partition coefficient (Wildman–Crippen LogP) is 3.30. The molecule has 0 spiro atoms. The van der Waals surface area contributed by atoms with Crippen LogP contribution in [0.15, 0.2) is 58.4 Å². The Bertz CT molecular complexity index is 943. The number of unbranched alkanes of at least 4 members (excludes halogenated alkanes) is 1. The van der Waals surface area contributed by atoms with Crippen LogP contribution in [0.4, 0.5) is 13.2 Å². The molecular weight excluding hydrogens is 409 g/mol. The van der Waals surface area contributed by atoms with E-state index in [4.69, 9.17) is 4.74 Å². The molecule has 31 heavy (non-hydrogen) atoms. The average molecular weight is 436 g/mol. The van der Waals surface area contributed by atoms with Crippen molar-refractivity contribution in [3.05, 3.63) is 70.1 Å². The minimum atomic E-state index is -4.38. The van der Waals surface area contributed by atoms with E-state index in [2.05, 4.69) is 10.3 Å². The van der Waals surface area contributed by atoms with Crippen molar-refractivity contribution in [1.82, 2.24) is 14.8 Å². The van der Waals surface area contributed by atoms with Crippen molar-refractivity contribution in [1.29, 1.82) is 0 Å². The molecule has 3 rings (SSSR count). The number of rotatable bonds is 6. The number of nitrogens with zero attached hydrogens (tertiary/aromatic N) is 3. The molecule has 1 saturated heterocycles. The van der Waals surface area contributed by atoms with Crippen LogP contribution in [-0.4, -0.2) is 48.7 Å². The van der Waals surface area contributed by atoms with Crippen molar-refractivity contribution >= 4 is 5.96 Å². The molecule has 6 nitrogen and oxygen atoms in total. The van der Waals surface area contributed by atoms with Crippen LogP contribution in [-0.2, 0) is 17.5 Å². The van der Waals surface area contributed by atoms with Crippen molar-refractivity contribution in [2.45, 2.75) is 31.7 Å². The fourth-order valence-corrected chi connectivity index (χ4v) is 3.54. The van der Waals surface area contributed by atoms with Gasteiger partial charge in [0, 0.05) is 38.9 Å². The first-order chi connectivity index (χ1) is 14.9. The Morgan fingerprint density at radius 3 is 2.81 bits per heavy atom. The second kappa shape index (κ2) is 10.5. The van der Waals surface area contributed by atoms with Crippen LogP contribution in [0.25, 0.3) is 0 Å². The van der Waals surface area contributed by atoms with Gasteiger partial charge in [-0.2, -0.15) is 13.2 Å². The zero-order valence-electron chi connectivity index (χ0n) is 17.4. The first kappa shape index (κ1) is 22.9. The van der Waals surface area contributed by atoms with Gasteiger partial charge in [-0.3, -0.25) is 9.79 Å². The van der Waals surface area contributed by atoms with Gasteiger partial charge in [0.2, 0.25) is 5.56 Å². The number of benzene rings is 1. The van der Waals surface area contributed by atoms with Crippen molar-refractivity contribution in [2.24, 2.45) is 4.99 Å². The van der Waals surface area contributed by atoms with E-state index in [9.17, 15) is 18.0 Å². The van der Waals surface area contributed by atoms with Crippen LogP contribution in [0.3, 0.4) is 0 Å². The number of aromatic nitrogens is 1. The fraction of sp³-hybridized carbons (Fsp3) is 0.455. The minimum absolute atomic E-state index is 0.0137. The summed E-state index contributed by atoms with van der Waals surface area (Å²) in [4.78, 5) is 18.0. The number of guanidine groups is 1. The highest BCUT2D eigenvalue weighted by Gasteiger charge is 2.32. The maximum absolute atomic E-state index is 13.0. The fourth-order valence-electron chi connectivity index (χ4n) is 3.54. The third kappa shape index (κ3) is 6.33. The average Bonchev–Trinajstić information content (AvgIpc) is 2.77. The Morgan fingerprint density at radius 2 is 2.06 bits per heavy atom. The molecule has 168 valence electrons. The number of alkyl halides is 3. The van der Waals surface area contributed by atoms with Gasteiger partial charge in [-0.05, 0) is 36.6 Å². The van der Waals surface area contributed by atoms with Crippen LogP contribution < -0.4 is 10.9 Å². The smallest absolute Gasteiger partial charge is 0.370 e. The first-order valence-corrected chi connectivity index (χ1v) is 10.3. The van der Waals surface area contributed by atoms with Gasteiger partial charge in [0.1, 0.15) is 6.10 Å². The minimum Gasteiger partial charge on any atom is -0.370 e. The van der Waals surface area contributed by atoms with E-state index < -0.39 is 17.8 Å². The monoisotopic (exact) mass is 436 g/mol. The second-order valence-electron chi connectivity index (χ2n) is 7.34. The second-order valence-corrected chi connectivity index (χ2v) is 7.34. The Kier molecular flexibility index (Phi) is 7.73. The van der Waals surface area contributed by atoms with E-state index in [1.807, 2.05) is 11.0 Å². The summed E-state index contributed by atoms with van der Waals surface area (Å²) >= 11 is 0. The number of aryl methyl sites for hydroxylation is 1. The molecule has 1 N–H and O–H groups in total. The topological polar surface area (TPSA) is 58.9 Å². The van der Waals surface area contributed by atoms with E-state index in [0.29, 0.717) is 44.3 Å². The van der Waals surface area contributed by atoms with E-state index >= 15 is 0 Å². The molecule has 0 saturated carbocycles. The number of hydrogen-bond acceptors (Lipinski definition) is 3. The molecule has 0 bridgehead atoms. The van der Waals surface area contributed by atoms with Gasteiger partial charge < -0.3 is 19.5 Å². The van der Waals surface area contributed by atoms with Crippen LogP contribution in [0.1, 0.15) is 30.1 Å². The SMILES string of the molecule is CN=C(NCCCCn1ccccc1=O)N1CCOC(c2cccc(C(F)(F)F)c2)C1. The summed E-state index contributed by atoms with van der Waals surface area (Å²) in [6.07, 6.45) is -1.38. The summed E-state index contributed by atoms with van der Waals surface area (Å²) in [6.45, 7) is 2.75. The standard InChI is InChI=1S/C22H27F3N4O2/c1-26-21(27-10-3-5-12-28-11-4-2-9-20(28)30)29-13-14-31-19(16-29)17-7-6-8-18(15-17)22(23,24)25/h2,4,6-9,11,15,19H,3,5,10,12-14,16H2,1H3,(H,26,27). The van der Waals surface area contributed by atoms with E-state index in [-0.39, 0.29) is 5.56 Å². The highest BCUT2D eigenvalue weighted by atomic mass is 19.4. The number of nitrogens with one attached hydrogen (secondary N) is 1. The van der Waals surface area contributed by atoms with Crippen LogP contribution >= 0.6 is 0 Å². The first-order valence-electron chi connectivity index (χ1n) is 10.3. The maximum atomic E-state index is 13.0. The molecule has 1 aromatic heterocycles. The molecule has 1 aromatic carbocycles. The van der Waals surface area contributed by atoms with Gasteiger partial charge in [0.15, 0.2) is 5.96 Å². The Morgan fingerprint density at radius 1 is 1.23 bits per heavy atom. The molecule has 2 heterocycles. The number of pyridine rings is 1. The number of morpholine rings is 1. The lowest BCUT2D eigenvalue weighted by atomic mass is 10.0. The van der Waals surface area contributed by atoms with E-state index in [0.717, 1.165) is 25.0 Å². The van der Waals surface area contributed by atoms with E-state index in [1.165, 1.54) is 6.07 Å². The molecule has 1 fully saturated rings. The molecule has 0 amide bonds. The molecule has 1 unspecified atom stereocenters. The summed E-state index contributed by atoms with van der Waals surface area (Å²) in [5, 5.41) is 3.30. The summed E-state index contributed by atoms with van der Waals surface area (Å²) in [7, 11) is 1.68. The van der Waals surface area contributed by atoms with E-state index in [1.54, 1.807) is 36.0 Å². The number of halogens is 3. The molecule has 1 aliphatic heterocycles. The van der Waals surface area contributed by atoms with Crippen molar-refractivity contribution in [2.75, 3.05) is 33.3 Å². The van der Waals surface area contributed by atoms with Crippen LogP contribution in [0.5, 0.6) is 0 Å². The third-order valence-corrected chi connectivity index (χ3v) is 5.17. The molecule has 2 aromatic rings. The lowest BCUT2D eigenvalue weighted by molar-refractivity contribution is -0.137. The lowest BCUT2D eigenvalue weighted by Crippen LogP contribution is -2.48. The summed E-state index contributed by atoms with van der Waals surface area (Å²) in [6, 6.07) is 10.4. The van der Waals surface area contributed by atoms with Gasteiger partial charge in [0.05, 0.1) is 18.7 Å². The largest absolute Gasteiger partial charge is 0.416 e. The Balaban J connectivity index is 1.51. The summed E-state index contributed by atoms with van der Waals surface area (Å²) < 4.78 is 46.5. The third-order valence-electron chi connectivity index (χ3n) is 5.17. The quantitative estimate of drug-likeness (QED) is 0.429.